The van der Waals surface area contributed by atoms with Crippen molar-refractivity contribution in [2.75, 3.05) is 19.1 Å². The predicted molar refractivity (Wildman–Crippen MR) is 72.8 cm³/mol. The molecule has 1 aromatic carbocycles. The highest BCUT2D eigenvalue weighted by molar-refractivity contribution is 5.64. The molecule has 5 nitrogen and oxygen atoms in total. The van der Waals surface area contributed by atoms with Crippen LogP contribution in [0.25, 0.3) is 0 Å². The predicted octanol–water partition coefficient (Wildman–Crippen LogP) is 3.14. The first-order valence-corrected chi connectivity index (χ1v) is 6.09. The molecule has 0 unspecified atom stereocenters. The summed E-state index contributed by atoms with van der Waals surface area (Å²) in [5.74, 6) is -0.352. The van der Waals surface area contributed by atoms with E-state index < -0.39 is 11.7 Å². The van der Waals surface area contributed by atoms with Gasteiger partial charge in [-0.15, -0.1) is 0 Å². The van der Waals surface area contributed by atoms with Gasteiger partial charge >= 0.3 is 12.2 Å². The van der Waals surface area contributed by atoms with Gasteiger partial charge in [0.2, 0.25) is 0 Å². The van der Waals surface area contributed by atoms with Gasteiger partial charge in [-0.25, -0.2) is 4.98 Å². The molecule has 0 amide bonds. The van der Waals surface area contributed by atoms with Gasteiger partial charge in [0.15, 0.2) is 5.82 Å². The van der Waals surface area contributed by atoms with E-state index in [1.807, 2.05) is 6.07 Å². The third-order valence-electron chi connectivity index (χ3n) is 2.91. The fourth-order valence-corrected chi connectivity index (χ4v) is 1.82. The number of hydrogen-bond donors (Lipinski definition) is 0. The maximum absolute atomic E-state index is 13.1. The molecule has 1 aromatic heterocycles. The monoisotopic (exact) mass is 308 g/mol. The number of nitrogens with zero attached hydrogens (tertiary/aromatic N) is 4. The SMILES string of the molecule is COc1ncc(C(F)(F)F)c(N(C)c2cccc(C#N)c2)n1. The van der Waals surface area contributed by atoms with E-state index in [2.05, 4.69) is 9.97 Å². The molecule has 0 aliphatic heterocycles. The fourth-order valence-electron chi connectivity index (χ4n) is 1.82. The summed E-state index contributed by atoms with van der Waals surface area (Å²) in [6.07, 6.45) is -3.94. The normalized spacial score (nSPS) is 10.9. The summed E-state index contributed by atoms with van der Waals surface area (Å²) in [6, 6.07) is 7.94. The molecule has 0 saturated carbocycles. The standard InChI is InChI=1S/C14H11F3N4O/c1-21(10-5-3-4-9(6-10)7-18)12-11(14(15,16)17)8-19-13(20-12)22-2/h3-6,8H,1-2H3. The summed E-state index contributed by atoms with van der Waals surface area (Å²) >= 11 is 0. The lowest BCUT2D eigenvalue weighted by Gasteiger charge is -2.22. The average Bonchev–Trinajstić information content (AvgIpc) is 2.52. The molecule has 0 radical (unpaired) electrons. The lowest BCUT2D eigenvalue weighted by Crippen LogP contribution is -2.19. The molecule has 0 aliphatic rings. The molecule has 8 heteroatoms. The zero-order valence-electron chi connectivity index (χ0n) is 11.7. The van der Waals surface area contributed by atoms with Crippen LogP contribution in [0, 0.1) is 11.3 Å². The van der Waals surface area contributed by atoms with Gasteiger partial charge in [0.25, 0.3) is 0 Å². The highest BCUT2D eigenvalue weighted by Gasteiger charge is 2.36. The topological polar surface area (TPSA) is 62.0 Å². The van der Waals surface area contributed by atoms with E-state index in [-0.39, 0.29) is 11.8 Å². The molecular weight excluding hydrogens is 297 g/mol. The van der Waals surface area contributed by atoms with Gasteiger partial charge in [-0.1, -0.05) is 6.07 Å². The van der Waals surface area contributed by atoms with Gasteiger partial charge < -0.3 is 9.64 Å². The Kier molecular flexibility index (Phi) is 4.17. The molecule has 2 aromatic rings. The first-order valence-electron chi connectivity index (χ1n) is 6.09. The van der Waals surface area contributed by atoms with Gasteiger partial charge in [0.05, 0.1) is 18.7 Å². The van der Waals surface area contributed by atoms with Crippen LogP contribution in [0.4, 0.5) is 24.7 Å². The number of anilines is 2. The maximum Gasteiger partial charge on any atom is 0.421 e. The summed E-state index contributed by atoms with van der Waals surface area (Å²) in [4.78, 5) is 8.51. The number of benzene rings is 1. The van der Waals surface area contributed by atoms with Crippen molar-refractivity contribution in [1.82, 2.24) is 9.97 Å². The van der Waals surface area contributed by atoms with E-state index in [0.29, 0.717) is 17.4 Å². The van der Waals surface area contributed by atoms with Crippen molar-refractivity contribution >= 4 is 11.5 Å². The van der Waals surface area contributed by atoms with Gasteiger partial charge in [0.1, 0.15) is 5.56 Å². The van der Waals surface area contributed by atoms with Crippen molar-refractivity contribution in [1.29, 1.82) is 5.26 Å². The van der Waals surface area contributed by atoms with E-state index in [0.717, 1.165) is 0 Å². The Morgan fingerprint density at radius 3 is 2.64 bits per heavy atom. The first kappa shape index (κ1) is 15.6. The van der Waals surface area contributed by atoms with Crippen molar-refractivity contribution in [3.63, 3.8) is 0 Å². The maximum atomic E-state index is 13.1. The minimum absolute atomic E-state index is 0.175. The third-order valence-corrected chi connectivity index (χ3v) is 2.91. The second-order valence-electron chi connectivity index (χ2n) is 4.31. The second-order valence-corrected chi connectivity index (χ2v) is 4.31. The lowest BCUT2D eigenvalue weighted by atomic mass is 10.2. The minimum Gasteiger partial charge on any atom is -0.467 e. The van der Waals surface area contributed by atoms with Crippen LogP contribution in [-0.2, 0) is 6.18 Å². The molecule has 1 heterocycles. The van der Waals surface area contributed by atoms with Crippen molar-refractivity contribution < 1.29 is 17.9 Å². The molecule has 22 heavy (non-hydrogen) atoms. The fraction of sp³-hybridized carbons (Fsp3) is 0.214. The summed E-state index contributed by atoms with van der Waals surface area (Å²) in [6.45, 7) is 0. The summed E-state index contributed by atoms with van der Waals surface area (Å²) < 4.78 is 44.1. The molecule has 114 valence electrons. The van der Waals surface area contributed by atoms with Crippen molar-refractivity contribution in [3.8, 4) is 12.1 Å². The van der Waals surface area contributed by atoms with Crippen LogP contribution in [0.2, 0.25) is 0 Å². The van der Waals surface area contributed by atoms with E-state index >= 15 is 0 Å². The number of nitriles is 1. The summed E-state index contributed by atoms with van der Waals surface area (Å²) in [7, 11) is 2.69. The smallest absolute Gasteiger partial charge is 0.421 e. The number of methoxy groups -OCH3 is 1. The largest absolute Gasteiger partial charge is 0.467 e. The second kappa shape index (κ2) is 5.89. The molecular formula is C14H11F3N4O. The molecule has 0 atom stereocenters. The number of hydrogen-bond acceptors (Lipinski definition) is 5. The van der Waals surface area contributed by atoms with Crippen LogP contribution in [-0.4, -0.2) is 24.1 Å². The highest BCUT2D eigenvalue weighted by Crippen LogP contribution is 2.37. The summed E-state index contributed by atoms with van der Waals surface area (Å²) in [5.41, 5.74) is -0.262. The van der Waals surface area contributed by atoms with E-state index in [1.54, 1.807) is 18.2 Å². The van der Waals surface area contributed by atoms with Crippen LogP contribution < -0.4 is 9.64 Å². The number of ether oxygens (including phenoxy) is 1. The van der Waals surface area contributed by atoms with Crippen molar-refractivity contribution in [3.05, 3.63) is 41.6 Å². The summed E-state index contributed by atoms with van der Waals surface area (Å²) in [5, 5.41) is 8.89. The van der Waals surface area contributed by atoms with Crippen LogP contribution in [0.1, 0.15) is 11.1 Å². The van der Waals surface area contributed by atoms with Gasteiger partial charge in [-0.2, -0.15) is 23.4 Å². The average molecular weight is 308 g/mol. The van der Waals surface area contributed by atoms with Gasteiger partial charge in [-0.3, -0.25) is 0 Å². The first-order chi connectivity index (χ1) is 10.4. The molecule has 0 bridgehead atoms. The Labute approximate surface area is 124 Å². The van der Waals surface area contributed by atoms with E-state index in [9.17, 15) is 13.2 Å². The number of alkyl halides is 3. The molecule has 2 rings (SSSR count). The van der Waals surface area contributed by atoms with Gasteiger partial charge in [0, 0.05) is 18.9 Å². The molecule has 0 fully saturated rings. The van der Waals surface area contributed by atoms with Crippen LogP contribution in [0.5, 0.6) is 6.01 Å². The van der Waals surface area contributed by atoms with Crippen LogP contribution in [0.3, 0.4) is 0 Å². The number of aromatic nitrogens is 2. The number of halogens is 3. The Morgan fingerprint density at radius 2 is 2.05 bits per heavy atom. The van der Waals surface area contributed by atoms with Crippen molar-refractivity contribution in [2.45, 2.75) is 6.18 Å². The quantitative estimate of drug-likeness (QED) is 0.871. The van der Waals surface area contributed by atoms with Crippen LogP contribution >= 0.6 is 0 Å². The minimum atomic E-state index is -4.61. The molecule has 0 spiro atoms. The Balaban J connectivity index is 2.56. The zero-order valence-corrected chi connectivity index (χ0v) is 11.7. The molecule has 0 aliphatic carbocycles. The molecule has 0 N–H and O–H groups in total. The zero-order chi connectivity index (χ0) is 16.3. The van der Waals surface area contributed by atoms with E-state index in [1.165, 1.54) is 25.1 Å². The number of rotatable bonds is 3. The Morgan fingerprint density at radius 1 is 1.32 bits per heavy atom. The lowest BCUT2D eigenvalue weighted by molar-refractivity contribution is -0.137. The Bertz CT molecular complexity index is 725. The third kappa shape index (κ3) is 3.09. The molecule has 0 saturated heterocycles. The Hall–Kier alpha value is -2.82. The van der Waals surface area contributed by atoms with Crippen LogP contribution in [0.15, 0.2) is 30.5 Å². The van der Waals surface area contributed by atoms with Crippen molar-refractivity contribution in [2.24, 2.45) is 0 Å². The van der Waals surface area contributed by atoms with E-state index in [4.69, 9.17) is 10.00 Å². The van der Waals surface area contributed by atoms with Gasteiger partial charge in [-0.05, 0) is 18.2 Å². The highest BCUT2D eigenvalue weighted by atomic mass is 19.4.